The van der Waals surface area contributed by atoms with Crippen molar-refractivity contribution in [3.05, 3.63) is 58.7 Å². The summed E-state index contributed by atoms with van der Waals surface area (Å²) in [4.78, 5) is 13.9. The number of nitro groups is 1. The predicted octanol–water partition coefficient (Wildman–Crippen LogP) is 3.41. The van der Waals surface area contributed by atoms with E-state index in [2.05, 4.69) is 4.98 Å². The summed E-state index contributed by atoms with van der Waals surface area (Å²) in [7, 11) is 1.77. The van der Waals surface area contributed by atoms with Crippen LogP contribution in [0.2, 0.25) is 0 Å². The maximum atomic E-state index is 13.8. The molecular formula is C14H10FN3O3. The summed E-state index contributed by atoms with van der Waals surface area (Å²) >= 11 is 0. The van der Waals surface area contributed by atoms with Crippen molar-refractivity contribution in [3.63, 3.8) is 0 Å². The molecular weight excluding hydrogens is 277 g/mol. The average Bonchev–Trinajstić information content (AvgIpc) is 2.78. The van der Waals surface area contributed by atoms with Crippen molar-refractivity contribution in [3.8, 4) is 11.6 Å². The lowest BCUT2D eigenvalue weighted by Gasteiger charge is -2.07. The molecule has 0 amide bonds. The van der Waals surface area contributed by atoms with Gasteiger partial charge in [-0.25, -0.2) is 4.39 Å². The van der Waals surface area contributed by atoms with E-state index in [-0.39, 0.29) is 11.4 Å². The van der Waals surface area contributed by atoms with Crippen LogP contribution in [-0.4, -0.2) is 14.5 Å². The van der Waals surface area contributed by atoms with E-state index >= 15 is 0 Å². The van der Waals surface area contributed by atoms with Crippen LogP contribution >= 0.6 is 0 Å². The van der Waals surface area contributed by atoms with Crippen molar-refractivity contribution in [2.45, 2.75) is 0 Å². The number of rotatable bonds is 3. The zero-order valence-electron chi connectivity index (χ0n) is 11.0. The van der Waals surface area contributed by atoms with Gasteiger partial charge in [0, 0.05) is 30.8 Å². The Bertz CT molecular complexity index is 845. The second-order valence-corrected chi connectivity index (χ2v) is 4.45. The van der Waals surface area contributed by atoms with Gasteiger partial charge in [0.1, 0.15) is 0 Å². The van der Waals surface area contributed by atoms with Crippen molar-refractivity contribution in [1.82, 2.24) is 9.55 Å². The van der Waals surface area contributed by atoms with Gasteiger partial charge in [0.05, 0.1) is 22.7 Å². The monoisotopic (exact) mass is 287 g/mol. The fourth-order valence-electron chi connectivity index (χ4n) is 2.04. The Morgan fingerprint density at radius 2 is 2.14 bits per heavy atom. The number of hydrogen-bond donors (Lipinski definition) is 0. The van der Waals surface area contributed by atoms with E-state index in [9.17, 15) is 14.5 Å². The fourth-order valence-corrected chi connectivity index (χ4v) is 2.04. The van der Waals surface area contributed by atoms with Gasteiger partial charge in [-0.05, 0) is 12.1 Å². The molecule has 21 heavy (non-hydrogen) atoms. The lowest BCUT2D eigenvalue weighted by atomic mass is 10.3. The van der Waals surface area contributed by atoms with Crippen molar-refractivity contribution < 1.29 is 14.1 Å². The van der Waals surface area contributed by atoms with Crippen LogP contribution in [0.5, 0.6) is 11.6 Å². The third kappa shape index (κ3) is 2.29. The molecule has 0 aliphatic heterocycles. The Labute approximate surface area is 118 Å². The van der Waals surface area contributed by atoms with Gasteiger partial charge in [-0.15, -0.1) is 0 Å². The van der Waals surface area contributed by atoms with E-state index in [0.29, 0.717) is 5.88 Å². The van der Waals surface area contributed by atoms with Gasteiger partial charge >= 0.3 is 0 Å². The lowest BCUT2D eigenvalue weighted by molar-refractivity contribution is -0.385. The highest BCUT2D eigenvalue weighted by Gasteiger charge is 2.14. The van der Waals surface area contributed by atoms with Gasteiger partial charge in [0.25, 0.3) is 5.69 Å². The Morgan fingerprint density at radius 1 is 1.33 bits per heavy atom. The third-order valence-corrected chi connectivity index (χ3v) is 3.14. The van der Waals surface area contributed by atoms with Crippen LogP contribution in [0.25, 0.3) is 10.9 Å². The molecule has 0 atom stereocenters. The van der Waals surface area contributed by atoms with Crippen LogP contribution in [0.4, 0.5) is 10.1 Å². The SMILES string of the molecule is Cn1c(Oc2ccc([N+](=O)[O-])cc2F)cc2ccncc21. The van der Waals surface area contributed by atoms with E-state index in [1.54, 1.807) is 30.1 Å². The minimum absolute atomic E-state index is 0.0699. The van der Waals surface area contributed by atoms with E-state index < -0.39 is 10.7 Å². The number of nitro benzene ring substituents is 1. The first kappa shape index (κ1) is 13.0. The molecule has 106 valence electrons. The molecule has 3 rings (SSSR count). The molecule has 1 aromatic carbocycles. The van der Waals surface area contributed by atoms with Crippen molar-refractivity contribution in [2.75, 3.05) is 0 Å². The van der Waals surface area contributed by atoms with Gasteiger partial charge in [-0.1, -0.05) is 0 Å². The Hall–Kier alpha value is -2.96. The molecule has 6 nitrogen and oxygen atoms in total. The second-order valence-electron chi connectivity index (χ2n) is 4.45. The Kier molecular flexibility index (Phi) is 3.02. The molecule has 3 aromatic rings. The zero-order chi connectivity index (χ0) is 15.0. The minimum atomic E-state index is -0.785. The largest absolute Gasteiger partial charge is 0.438 e. The Morgan fingerprint density at radius 3 is 2.81 bits per heavy atom. The first-order valence-electron chi connectivity index (χ1n) is 6.07. The molecule has 2 aromatic heterocycles. The van der Waals surface area contributed by atoms with Gasteiger partial charge in [0.2, 0.25) is 5.88 Å². The molecule has 2 heterocycles. The molecule has 0 N–H and O–H groups in total. The summed E-state index contributed by atoms with van der Waals surface area (Å²) in [6.45, 7) is 0. The standard InChI is InChI=1S/C14H10FN3O3/c1-17-12-8-16-5-4-9(12)6-14(17)21-13-3-2-10(18(19)20)7-11(13)15/h2-8H,1H3. The highest BCUT2D eigenvalue weighted by Crippen LogP contribution is 2.30. The topological polar surface area (TPSA) is 70.2 Å². The summed E-state index contributed by atoms with van der Waals surface area (Å²) in [5, 5.41) is 11.5. The molecule has 0 saturated carbocycles. The van der Waals surface area contributed by atoms with Crippen LogP contribution in [0.3, 0.4) is 0 Å². The first-order chi connectivity index (χ1) is 10.1. The number of benzene rings is 1. The molecule has 0 saturated heterocycles. The van der Waals surface area contributed by atoms with Gasteiger partial charge in [-0.2, -0.15) is 0 Å². The molecule has 0 fully saturated rings. The summed E-state index contributed by atoms with van der Waals surface area (Å²) < 4.78 is 21.1. The minimum Gasteiger partial charge on any atom is -0.438 e. The Balaban J connectivity index is 1.99. The highest BCUT2D eigenvalue weighted by atomic mass is 19.1. The number of hydrogen-bond acceptors (Lipinski definition) is 4. The average molecular weight is 287 g/mol. The van der Waals surface area contributed by atoms with Crippen LogP contribution in [-0.2, 0) is 7.05 Å². The summed E-state index contributed by atoms with van der Waals surface area (Å²) in [5.74, 6) is -0.433. The van der Waals surface area contributed by atoms with E-state index in [1.807, 2.05) is 6.07 Å². The molecule has 0 bridgehead atoms. The molecule has 0 aliphatic carbocycles. The highest BCUT2D eigenvalue weighted by molar-refractivity contribution is 5.81. The zero-order valence-corrected chi connectivity index (χ0v) is 11.0. The maximum Gasteiger partial charge on any atom is 0.272 e. The lowest BCUT2D eigenvalue weighted by Crippen LogP contribution is -1.96. The molecule has 0 aliphatic rings. The summed E-state index contributed by atoms with van der Waals surface area (Å²) in [5.41, 5.74) is 0.524. The molecule has 7 heteroatoms. The number of aromatic nitrogens is 2. The van der Waals surface area contributed by atoms with Crippen LogP contribution in [0, 0.1) is 15.9 Å². The summed E-state index contributed by atoms with van der Waals surface area (Å²) in [6, 6.07) is 6.83. The number of nitrogens with zero attached hydrogens (tertiary/aromatic N) is 3. The van der Waals surface area contributed by atoms with Crippen molar-refractivity contribution in [2.24, 2.45) is 7.05 Å². The van der Waals surface area contributed by atoms with E-state index in [1.165, 1.54) is 12.1 Å². The number of non-ortho nitro benzene ring substituents is 1. The van der Waals surface area contributed by atoms with Crippen molar-refractivity contribution in [1.29, 1.82) is 0 Å². The summed E-state index contributed by atoms with van der Waals surface area (Å²) in [6.07, 6.45) is 3.33. The van der Waals surface area contributed by atoms with E-state index in [4.69, 9.17) is 4.74 Å². The number of pyridine rings is 1. The first-order valence-corrected chi connectivity index (χ1v) is 6.07. The second kappa shape index (κ2) is 4.86. The molecule has 0 unspecified atom stereocenters. The molecule has 0 spiro atoms. The fraction of sp³-hybridized carbons (Fsp3) is 0.0714. The number of ether oxygens (including phenoxy) is 1. The van der Waals surface area contributed by atoms with Gasteiger partial charge in [-0.3, -0.25) is 15.1 Å². The smallest absolute Gasteiger partial charge is 0.272 e. The number of halogens is 1. The van der Waals surface area contributed by atoms with Gasteiger partial charge < -0.3 is 9.30 Å². The number of aryl methyl sites for hydroxylation is 1. The third-order valence-electron chi connectivity index (χ3n) is 3.14. The quantitative estimate of drug-likeness (QED) is 0.546. The van der Waals surface area contributed by atoms with Crippen LogP contribution < -0.4 is 4.74 Å². The molecule has 0 radical (unpaired) electrons. The van der Waals surface area contributed by atoms with Gasteiger partial charge in [0.15, 0.2) is 11.6 Å². The predicted molar refractivity (Wildman–Crippen MR) is 73.8 cm³/mol. The number of fused-ring (bicyclic) bond motifs is 1. The van der Waals surface area contributed by atoms with Crippen LogP contribution in [0.1, 0.15) is 0 Å². The van der Waals surface area contributed by atoms with Crippen molar-refractivity contribution >= 4 is 16.6 Å². The van der Waals surface area contributed by atoms with E-state index in [0.717, 1.165) is 17.0 Å². The normalized spacial score (nSPS) is 10.8. The van der Waals surface area contributed by atoms with Crippen LogP contribution in [0.15, 0.2) is 42.7 Å². The maximum absolute atomic E-state index is 13.8.